The van der Waals surface area contributed by atoms with E-state index in [1.807, 2.05) is 32.9 Å². The first-order valence-electron chi connectivity index (χ1n) is 9.80. The topological polar surface area (TPSA) is 88.3 Å². The maximum Gasteiger partial charge on any atom is 0.419 e. The van der Waals surface area contributed by atoms with Crippen LogP contribution in [0.5, 0.6) is 0 Å². The first-order chi connectivity index (χ1) is 14.6. The fourth-order valence-electron chi connectivity index (χ4n) is 3.69. The van der Waals surface area contributed by atoms with Crippen LogP contribution in [-0.2, 0) is 9.53 Å². The minimum absolute atomic E-state index is 0.126. The lowest BCUT2D eigenvalue weighted by Crippen LogP contribution is -2.25. The summed E-state index contributed by atoms with van der Waals surface area (Å²) in [6.45, 7) is 5.76. The van der Waals surface area contributed by atoms with Gasteiger partial charge in [-0.3, -0.25) is 14.9 Å². The molecule has 1 saturated heterocycles. The van der Waals surface area contributed by atoms with E-state index in [4.69, 9.17) is 4.74 Å². The average Bonchev–Trinajstić information content (AvgIpc) is 3.02. The number of imide groups is 1. The third-order valence-corrected chi connectivity index (χ3v) is 5.31. The Bertz CT molecular complexity index is 1300. The summed E-state index contributed by atoms with van der Waals surface area (Å²) in [4.78, 5) is 39.1. The Labute approximate surface area is 177 Å². The largest absolute Gasteiger partial charge is 0.419 e. The zero-order valence-corrected chi connectivity index (χ0v) is 17.3. The molecule has 2 amide bonds. The Hall–Kier alpha value is -3.74. The molecule has 0 spiro atoms. The van der Waals surface area contributed by atoms with Crippen molar-refractivity contribution >= 4 is 22.8 Å². The molecule has 6 nitrogen and oxygen atoms in total. The second-order valence-corrected chi connectivity index (χ2v) is 8.55. The monoisotopic (exact) mass is 420 g/mol. The summed E-state index contributed by atoms with van der Waals surface area (Å²) in [6.07, 6.45) is 0.660. The number of rotatable bonds is 3. The van der Waals surface area contributed by atoms with Crippen molar-refractivity contribution in [2.24, 2.45) is 5.41 Å². The molecule has 2 heterocycles. The predicted molar refractivity (Wildman–Crippen MR) is 115 cm³/mol. The number of carbonyl (C=O) groups excluding carboxylic acids is 2. The number of aromatic nitrogens is 1. The van der Waals surface area contributed by atoms with Crippen molar-refractivity contribution in [3.63, 3.8) is 0 Å². The van der Waals surface area contributed by atoms with Crippen LogP contribution in [-0.4, -0.2) is 17.0 Å². The van der Waals surface area contributed by atoms with E-state index in [2.05, 4.69) is 10.3 Å². The van der Waals surface area contributed by atoms with Crippen LogP contribution in [0.15, 0.2) is 65.2 Å². The number of nitrogens with one attached hydrogen (secondary N) is 2. The first kappa shape index (κ1) is 20.5. The molecule has 1 unspecified atom stereocenters. The van der Waals surface area contributed by atoms with Gasteiger partial charge in [0.15, 0.2) is 5.76 Å². The van der Waals surface area contributed by atoms with Gasteiger partial charge in [-0.05, 0) is 40.6 Å². The van der Waals surface area contributed by atoms with Crippen molar-refractivity contribution in [1.82, 2.24) is 10.3 Å². The van der Waals surface area contributed by atoms with Crippen molar-refractivity contribution in [2.75, 3.05) is 0 Å². The average molecular weight is 420 g/mol. The van der Waals surface area contributed by atoms with Gasteiger partial charge in [0.25, 0.3) is 11.5 Å². The number of ether oxygens (including phenoxy) is 1. The minimum atomic E-state index is -0.836. The maximum absolute atomic E-state index is 14.2. The molecule has 1 aliphatic rings. The van der Waals surface area contributed by atoms with E-state index in [0.717, 1.165) is 5.39 Å². The molecule has 0 bridgehead atoms. The Morgan fingerprint density at radius 3 is 2.45 bits per heavy atom. The second-order valence-electron chi connectivity index (χ2n) is 8.55. The second kappa shape index (κ2) is 7.50. The molecular formula is C24H21FN2O4. The van der Waals surface area contributed by atoms with Gasteiger partial charge in [-0.1, -0.05) is 51.1 Å². The zero-order valence-electron chi connectivity index (χ0n) is 17.3. The fourth-order valence-corrected chi connectivity index (χ4v) is 3.69. The smallest absolute Gasteiger partial charge is 0.404 e. The van der Waals surface area contributed by atoms with Crippen molar-refractivity contribution < 1.29 is 18.7 Å². The number of cyclic esters (lactones) is 1. The number of fused-ring (bicyclic) bond motifs is 1. The fraction of sp³-hybridized carbons (Fsp3) is 0.208. The van der Waals surface area contributed by atoms with Crippen molar-refractivity contribution in [3.05, 3.63) is 82.1 Å². The number of amides is 2. The molecule has 0 radical (unpaired) electrons. The molecule has 3 aromatic rings. The summed E-state index contributed by atoms with van der Waals surface area (Å²) in [5.74, 6) is -1.59. The summed E-state index contributed by atoms with van der Waals surface area (Å²) in [7, 11) is 0. The Balaban J connectivity index is 1.76. The number of pyridine rings is 1. The van der Waals surface area contributed by atoms with Gasteiger partial charge >= 0.3 is 6.09 Å². The van der Waals surface area contributed by atoms with Gasteiger partial charge < -0.3 is 9.72 Å². The van der Waals surface area contributed by atoms with E-state index in [9.17, 15) is 18.8 Å². The molecule has 1 aromatic heterocycles. The molecule has 2 N–H and O–H groups in total. The Kier molecular flexibility index (Phi) is 4.97. The third-order valence-electron chi connectivity index (χ3n) is 5.31. The van der Waals surface area contributed by atoms with Gasteiger partial charge in [0.1, 0.15) is 5.82 Å². The SMILES string of the molecule is CC(C)(C)C(/C=C1/OC(=O)NC1=O)c1ccc(-c2ccc3cccc(F)c3c2)[nH]c1=O. The molecule has 1 fully saturated rings. The van der Waals surface area contributed by atoms with Crippen LogP contribution in [0.4, 0.5) is 9.18 Å². The number of hydrogen-bond donors (Lipinski definition) is 2. The highest BCUT2D eigenvalue weighted by Crippen LogP contribution is 2.36. The quantitative estimate of drug-likeness (QED) is 0.606. The van der Waals surface area contributed by atoms with Crippen LogP contribution in [0.2, 0.25) is 0 Å². The Morgan fingerprint density at radius 1 is 1.03 bits per heavy atom. The third kappa shape index (κ3) is 3.99. The van der Waals surface area contributed by atoms with Gasteiger partial charge in [-0.15, -0.1) is 0 Å². The molecule has 1 aliphatic heterocycles. The van der Waals surface area contributed by atoms with Gasteiger partial charge in [0.2, 0.25) is 0 Å². The molecule has 0 saturated carbocycles. The highest BCUT2D eigenvalue weighted by molar-refractivity contribution is 6.07. The zero-order chi connectivity index (χ0) is 22.3. The van der Waals surface area contributed by atoms with Crippen LogP contribution in [0.1, 0.15) is 32.3 Å². The van der Waals surface area contributed by atoms with E-state index < -0.39 is 23.3 Å². The molecule has 1 atom stereocenters. The number of hydrogen-bond acceptors (Lipinski definition) is 4. The summed E-state index contributed by atoms with van der Waals surface area (Å²) < 4.78 is 19.1. The number of H-pyrrole nitrogens is 1. The van der Waals surface area contributed by atoms with E-state index in [-0.39, 0.29) is 17.1 Å². The van der Waals surface area contributed by atoms with Crippen LogP contribution in [0.3, 0.4) is 0 Å². The van der Waals surface area contributed by atoms with Crippen LogP contribution in [0.25, 0.3) is 22.0 Å². The van der Waals surface area contributed by atoms with Gasteiger partial charge in [0.05, 0.1) is 0 Å². The molecule has 2 aromatic carbocycles. The van der Waals surface area contributed by atoms with E-state index in [0.29, 0.717) is 22.2 Å². The number of carbonyl (C=O) groups is 2. The summed E-state index contributed by atoms with van der Waals surface area (Å²) in [5, 5.41) is 3.29. The standard InChI is InChI=1S/C24H21FN2O4/c1-24(2,3)17(12-20-22(29)27-23(30)31-20)15-9-10-19(26-21(15)28)14-8-7-13-5-4-6-18(25)16(13)11-14/h4-12,17H,1-3H3,(H,26,28)(H,27,29,30)/b20-12+. The normalized spacial score (nSPS) is 16.5. The number of halogens is 1. The molecule has 7 heteroatoms. The molecule has 31 heavy (non-hydrogen) atoms. The lowest BCUT2D eigenvalue weighted by molar-refractivity contribution is -0.116. The van der Waals surface area contributed by atoms with Crippen molar-refractivity contribution in [2.45, 2.75) is 26.7 Å². The van der Waals surface area contributed by atoms with E-state index in [1.165, 1.54) is 12.1 Å². The highest BCUT2D eigenvalue weighted by Gasteiger charge is 2.32. The van der Waals surface area contributed by atoms with Crippen molar-refractivity contribution in [1.29, 1.82) is 0 Å². The lowest BCUT2D eigenvalue weighted by atomic mass is 9.76. The van der Waals surface area contributed by atoms with Crippen molar-refractivity contribution in [3.8, 4) is 11.3 Å². The highest BCUT2D eigenvalue weighted by atomic mass is 19.1. The number of alkyl carbamates (subject to hydrolysis) is 1. The maximum atomic E-state index is 14.2. The summed E-state index contributed by atoms with van der Waals surface area (Å²) >= 11 is 0. The van der Waals surface area contributed by atoms with E-state index >= 15 is 0 Å². The lowest BCUT2D eigenvalue weighted by Gasteiger charge is -2.28. The minimum Gasteiger partial charge on any atom is -0.404 e. The number of benzene rings is 2. The van der Waals surface area contributed by atoms with Gasteiger partial charge in [-0.2, -0.15) is 0 Å². The number of aromatic amines is 1. The number of allylic oxidation sites excluding steroid dienone is 1. The first-order valence-corrected chi connectivity index (χ1v) is 9.80. The molecule has 0 aliphatic carbocycles. The van der Waals surface area contributed by atoms with Gasteiger partial charge in [0, 0.05) is 22.6 Å². The molecule has 158 valence electrons. The molecule has 4 rings (SSSR count). The van der Waals surface area contributed by atoms with E-state index in [1.54, 1.807) is 30.3 Å². The van der Waals surface area contributed by atoms with Crippen LogP contribution >= 0.6 is 0 Å². The predicted octanol–water partition coefficient (Wildman–Crippen LogP) is 4.61. The summed E-state index contributed by atoms with van der Waals surface area (Å²) in [6, 6.07) is 13.6. The Morgan fingerprint density at radius 2 is 1.81 bits per heavy atom. The molecular weight excluding hydrogens is 399 g/mol. The van der Waals surface area contributed by atoms with Crippen LogP contribution in [0, 0.1) is 11.2 Å². The van der Waals surface area contributed by atoms with Crippen LogP contribution < -0.4 is 10.9 Å². The van der Waals surface area contributed by atoms with Gasteiger partial charge in [-0.25, -0.2) is 9.18 Å². The summed E-state index contributed by atoms with van der Waals surface area (Å²) in [5.41, 5.74) is 0.863.